The Morgan fingerprint density at radius 2 is 1.94 bits per heavy atom. The maximum absolute atomic E-state index is 13.3. The molecule has 1 aliphatic heterocycles. The van der Waals surface area contributed by atoms with Crippen molar-refractivity contribution >= 4 is 17.7 Å². The zero-order valence-electron chi connectivity index (χ0n) is 19.1. The van der Waals surface area contributed by atoms with Gasteiger partial charge in [0.1, 0.15) is 12.3 Å². The standard InChI is InChI=1S/C24H31N3O5.BrH/c1-17-14-21(26-32-17)25-22(28)16-27(2)13-12-20(15-27)31-23(29)24(30,19-10-6-7-11-19)18-8-4-3-5-9-18;/h3-5,8-9,14,19-20,30H,6-7,10-13,15-16H2,1-2H3;1H/t20?,24?,27-;/m1./s1. The molecule has 0 spiro atoms. The van der Waals surface area contributed by atoms with Crippen LogP contribution in [-0.2, 0) is 19.9 Å². The normalized spacial score (nSPS) is 24.6. The lowest BCUT2D eigenvalue weighted by molar-refractivity contribution is -0.890. The summed E-state index contributed by atoms with van der Waals surface area (Å²) in [5.74, 6) is 0.139. The first-order valence-electron chi connectivity index (χ1n) is 11.3. The molecule has 1 amide bonds. The Bertz CT molecular complexity index is 962. The molecule has 2 fully saturated rings. The fraction of sp³-hybridized carbons (Fsp3) is 0.542. The quantitative estimate of drug-likeness (QED) is 0.385. The fourth-order valence-corrected chi connectivity index (χ4v) is 5.12. The van der Waals surface area contributed by atoms with E-state index >= 15 is 0 Å². The molecule has 2 N–H and O–H groups in total. The summed E-state index contributed by atoms with van der Waals surface area (Å²) in [6, 6.07) is 10.8. The minimum Gasteiger partial charge on any atom is -1.00 e. The molecule has 3 atom stereocenters. The van der Waals surface area contributed by atoms with E-state index in [1.807, 2.05) is 25.2 Å². The molecule has 9 heteroatoms. The van der Waals surface area contributed by atoms with Crippen LogP contribution >= 0.6 is 0 Å². The first kappa shape index (κ1) is 25.4. The smallest absolute Gasteiger partial charge is 0.343 e. The van der Waals surface area contributed by atoms with Crippen molar-refractivity contribution < 1.29 is 45.4 Å². The lowest BCUT2D eigenvalue weighted by Gasteiger charge is -2.33. The Kier molecular flexibility index (Phi) is 7.97. The molecule has 180 valence electrons. The number of benzene rings is 1. The Morgan fingerprint density at radius 1 is 1.24 bits per heavy atom. The van der Waals surface area contributed by atoms with Gasteiger partial charge in [-0.2, -0.15) is 0 Å². The highest BCUT2D eigenvalue weighted by Crippen LogP contribution is 2.42. The Hall–Kier alpha value is -2.23. The maximum Gasteiger partial charge on any atom is 0.343 e. The molecule has 2 aromatic rings. The SMILES string of the molecule is Cc1cc(NC(=O)C[N@+]2(C)CCC(OC(=O)C(O)(c3ccccc3)C3CCCC3)C2)no1.[Br-]. The number of aliphatic hydroxyl groups is 1. The molecular formula is C24H32BrN3O5. The van der Waals surface area contributed by atoms with Crippen LogP contribution in [0.15, 0.2) is 40.9 Å². The number of rotatable bonds is 7. The van der Waals surface area contributed by atoms with Crippen molar-refractivity contribution in [3.8, 4) is 0 Å². The average molecular weight is 522 g/mol. The largest absolute Gasteiger partial charge is 1.00 e. The molecule has 33 heavy (non-hydrogen) atoms. The van der Waals surface area contributed by atoms with Crippen LogP contribution in [0.3, 0.4) is 0 Å². The van der Waals surface area contributed by atoms with Crippen LogP contribution in [-0.4, -0.2) is 59.4 Å². The summed E-state index contributed by atoms with van der Waals surface area (Å²) in [5.41, 5.74) is -1.04. The summed E-state index contributed by atoms with van der Waals surface area (Å²) < 4.78 is 11.3. The molecule has 1 aromatic heterocycles. The molecule has 4 rings (SSSR count). The number of nitrogens with one attached hydrogen (secondary N) is 1. The van der Waals surface area contributed by atoms with Gasteiger partial charge in [-0.3, -0.25) is 4.79 Å². The highest BCUT2D eigenvalue weighted by atomic mass is 79.9. The first-order valence-corrected chi connectivity index (χ1v) is 11.3. The predicted molar refractivity (Wildman–Crippen MR) is 117 cm³/mol. The van der Waals surface area contributed by atoms with Gasteiger partial charge in [-0.25, -0.2) is 4.79 Å². The third-order valence-corrected chi connectivity index (χ3v) is 6.80. The molecule has 1 aliphatic carbocycles. The summed E-state index contributed by atoms with van der Waals surface area (Å²) in [4.78, 5) is 25.8. The van der Waals surface area contributed by atoms with Crippen LogP contribution in [0.1, 0.15) is 43.4 Å². The van der Waals surface area contributed by atoms with Crippen LogP contribution in [0.5, 0.6) is 0 Å². The maximum atomic E-state index is 13.3. The van der Waals surface area contributed by atoms with E-state index in [2.05, 4.69) is 10.5 Å². The van der Waals surface area contributed by atoms with E-state index in [1.165, 1.54) is 0 Å². The van der Waals surface area contributed by atoms with Gasteiger partial charge in [0.05, 0.1) is 13.6 Å². The predicted octanol–water partition coefficient (Wildman–Crippen LogP) is -0.234. The number of hydrogen-bond acceptors (Lipinski definition) is 6. The van der Waals surface area contributed by atoms with Crippen LogP contribution in [0.2, 0.25) is 0 Å². The van der Waals surface area contributed by atoms with Gasteiger partial charge in [-0.1, -0.05) is 48.3 Å². The van der Waals surface area contributed by atoms with Crippen molar-refractivity contribution in [1.82, 2.24) is 5.16 Å². The molecular weight excluding hydrogens is 490 g/mol. The van der Waals surface area contributed by atoms with Crippen LogP contribution in [0.4, 0.5) is 5.82 Å². The summed E-state index contributed by atoms with van der Waals surface area (Å²) >= 11 is 0. The number of amides is 1. The monoisotopic (exact) mass is 521 g/mol. The number of quaternary nitrogens is 1. The number of nitrogens with zero attached hydrogens (tertiary/aromatic N) is 2. The summed E-state index contributed by atoms with van der Waals surface area (Å²) in [6.45, 7) is 3.23. The van der Waals surface area contributed by atoms with Crippen molar-refractivity contribution in [2.24, 2.45) is 5.92 Å². The lowest BCUT2D eigenvalue weighted by atomic mass is 9.80. The van der Waals surface area contributed by atoms with Gasteiger partial charge < -0.3 is 41.1 Å². The van der Waals surface area contributed by atoms with E-state index < -0.39 is 11.6 Å². The zero-order valence-corrected chi connectivity index (χ0v) is 20.7. The second kappa shape index (κ2) is 10.4. The van der Waals surface area contributed by atoms with Crippen LogP contribution < -0.4 is 22.3 Å². The van der Waals surface area contributed by atoms with Gasteiger partial charge in [0.15, 0.2) is 24.1 Å². The molecule has 1 saturated carbocycles. The van der Waals surface area contributed by atoms with E-state index in [1.54, 1.807) is 25.1 Å². The van der Waals surface area contributed by atoms with E-state index in [4.69, 9.17) is 9.26 Å². The summed E-state index contributed by atoms with van der Waals surface area (Å²) in [7, 11) is 1.97. The number of carbonyl (C=O) groups is 2. The van der Waals surface area contributed by atoms with Crippen molar-refractivity contribution in [3.63, 3.8) is 0 Å². The van der Waals surface area contributed by atoms with E-state index in [9.17, 15) is 14.7 Å². The Labute approximate surface area is 204 Å². The lowest BCUT2D eigenvalue weighted by Crippen LogP contribution is -3.00. The average Bonchev–Trinajstić information content (AvgIpc) is 3.50. The first-order chi connectivity index (χ1) is 15.3. The summed E-state index contributed by atoms with van der Waals surface area (Å²) in [6.07, 6.45) is 3.93. The van der Waals surface area contributed by atoms with E-state index in [0.717, 1.165) is 25.7 Å². The minimum atomic E-state index is -1.63. The Morgan fingerprint density at radius 3 is 2.58 bits per heavy atom. The van der Waals surface area contributed by atoms with Gasteiger partial charge in [0, 0.05) is 18.4 Å². The second-order valence-corrected chi connectivity index (χ2v) is 9.48. The molecule has 1 aromatic carbocycles. The number of hydrogen-bond donors (Lipinski definition) is 2. The third-order valence-electron chi connectivity index (χ3n) is 6.80. The van der Waals surface area contributed by atoms with Crippen LogP contribution in [0.25, 0.3) is 0 Å². The molecule has 2 unspecified atom stereocenters. The number of anilines is 1. The highest BCUT2D eigenvalue weighted by molar-refractivity contribution is 5.90. The topological polar surface area (TPSA) is 102 Å². The number of likely N-dealkylation sites (tertiary alicyclic amines) is 1. The second-order valence-electron chi connectivity index (χ2n) is 9.48. The van der Waals surface area contributed by atoms with Gasteiger partial charge in [-0.05, 0) is 25.3 Å². The molecule has 0 radical (unpaired) electrons. The zero-order chi connectivity index (χ0) is 22.8. The minimum absolute atomic E-state index is 0. The Balaban J connectivity index is 0.00000306. The number of likely N-dealkylation sites (N-methyl/N-ethyl adjacent to an activating group) is 1. The van der Waals surface area contributed by atoms with Crippen molar-refractivity contribution in [1.29, 1.82) is 0 Å². The molecule has 2 heterocycles. The number of esters is 1. The number of ether oxygens (including phenoxy) is 1. The van der Waals surface area contributed by atoms with Crippen molar-refractivity contribution in [3.05, 3.63) is 47.7 Å². The third kappa shape index (κ3) is 5.65. The van der Waals surface area contributed by atoms with E-state index in [-0.39, 0.29) is 41.5 Å². The number of halogens is 1. The highest BCUT2D eigenvalue weighted by Gasteiger charge is 2.50. The molecule has 1 saturated heterocycles. The summed E-state index contributed by atoms with van der Waals surface area (Å²) in [5, 5.41) is 18.1. The molecule has 8 nitrogen and oxygen atoms in total. The number of aryl methyl sites for hydroxylation is 1. The molecule has 2 aliphatic rings. The van der Waals surface area contributed by atoms with E-state index in [0.29, 0.717) is 41.1 Å². The van der Waals surface area contributed by atoms with Crippen LogP contribution in [0, 0.1) is 12.8 Å². The van der Waals surface area contributed by atoms with Gasteiger partial charge >= 0.3 is 5.97 Å². The van der Waals surface area contributed by atoms with Crippen molar-refractivity contribution in [2.45, 2.75) is 50.7 Å². The van der Waals surface area contributed by atoms with Gasteiger partial charge in [0.25, 0.3) is 5.91 Å². The number of carbonyl (C=O) groups excluding carboxylic acids is 2. The molecule has 0 bridgehead atoms. The van der Waals surface area contributed by atoms with Gasteiger partial charge in [0.2, 0.25) is 0 Å². The number of aromatic nitrogens is 1. The van der Waals surface area contributed by atoms with Crippen molar-refractivity contribution in [2.75, 3.05) is 32.0 Å². The van der Waals surface area contributed by atoms with Gasteiger partial charge in [-0.15, -0.1) is 0 Å². The fourth-order valence-electron chi connectivity index (χ4n) is 5.12.